The van der Waals surface area contributed by atoms with Crippen molar-refractivity contribution in [3.8, 4) is 6.07 Å². The van der Waals surface area contributed by atoms with Gasteiger partial charge in [-0.2, -0.15) is 5.26 Å². The molecule has 4 nitrogen and oxygen atoms in total. The molecule has 106 valence electrons. The van der Waals surface area contributed by atoms with Gasteiger partial charge in [-0.15, -0.1) is 0 Å². The molecule has 1 fully saturated rings. The molecule has 1 N–H and O–H groups in total. The van der Waals surface area contributed by atoms with Crippen LogP contribution in [0.4, 0.5) is 0 Å². The van der Waals surface area contributed by atoms with Gasteiger partial charge in [-0.05, 0) is 51.1 Å². The molecular weight excluding hydrogens is 250 g/mol. The van der Waals surface area contributed by atoms with Crippen LogP contribution in [-0.4, -0.2) is 37.0 Å². The minimum absolute atomic E-state index is 0.0443. The van der Waals surface area contributed by atoms with E-state index in [1.54, 1.807) is 12.1 Å². The number of hydrogen-bond donors (Lipinski definition) is 1. The topological polar surface area (TPSA) is 56.1 Å². The average molecular weight is 271 g/mol. The third-order valence-corrected chi connectivity index (χ3v) is 4.30. The van der Waals surface area contributed by atoms with E-state index in [9.17, 15) is 4.79 Å². The summed E-state index contributed by atoms with van der Waals surface area (Å²) in [6.07, 6.45) is 3.91. The summed E-state index contributed by atoms with van der Waals surface area (Å²) in [5, 5.41) is 11.8. The molecule has 1 amide bonds. The fraction of sp³-hybridized carbons (Fsp3) is 0.500. The van der Waals surface area contributed by atoms with Crippen LogP contribution in [0.3, 0.4) is 0 Å². The van der Waals surface area contributed by atoms with E-state index < -0.39 is 0 Å². The van der Waals surface area contributed by atoms with Gasteiger partial charge in [0.25, 0.3) is 0 Å². The van der Waals surface area contributed by atoms with Crippen molar-refractivity contribution in [3.05, 3.63) is 35.4 Å². The van der Waals surface area contributed by atoms with E-state index in [0.717, 1.165) is 24.9 Å². The number of nitriles is 1. The van der Waals surface area contributed by atoms with E-state index in [1.165, 1.54) is 6.42 Å². The van der Waals surface area contributed by atoms with E-state index in [4.69, 9.17) is 5.26 Å². The quantitative estimate of drug-likeness (QED) is 0.887. The van der Waals surface area contributed by atoms with Gasteiger partial charge in [0.15, 0.2) is 0 Å². The average Bonchev–Trinajstić information content (AvgIpc) is 2.38. The number of nitrogens with one attached hydrogen (secondary N) is 1. The Kier molecular flexibility index (Phi) is 4.41. The molecule has 0 saturated heterocycles. The third kappa shape index (κ3) is 3.17. The Balaban J connectivity index is 1.85. The highest BCUT2D eigenvalue weighted by molar-refractivity contribution is 5.78. The maximum atomic E-state index is 12.0. The molecule has 20 heavy (non-hydrogen) atoms. The summed E-state index contributed by atoms with van der Waals surface area (Å²) in [6.45, 7) is 0.717. The summed E-state index contributed by atoms with van der Waals surface area (Å²) in [6, 6.07) is 9.24. The van der Waals surface area contributed by atoms with Crippen molar-refractivity contribution < 1.29 is 4.79 Å². The van der Waals surface area contributed by atoms with Gasteiger partial charge in [0.05, 0.1) is 18.1 Å². The molecule has 0 heterocycles. The second-order valence-corrected chi connectivity index (χ2v) is 5.73. The first-order chi connectivity index (χ1) is 9.55. The van der Waals surface area contributed by atoms with Gasteiger partial charge in [-0.3, -0.25) is 4.79 Å². The summed E-state index contributed by atoms with van der Waals surface area (Å²) < 4.78 is 0. The molecule has 0 aliphatic heterocycles. The predicted octanol–water partition coefficient (Wildman–Crippen LogP) is 1.70. The largest absolute Gasteiger partial charge is 0.354 e. The summed E-state index contributed by atoms with van der Waals surface area (Å²) in [5.74, 6) is 0.0443. The zero-order valence-corrected chi connectivity index (χ0v) is 12.1. The minimum atomic E-state index is 0.0443. The number of carbonyl (C=O) groups excluding carboxylic acids is 1. The number of nitrogens with zero attached hydrogens (tertiary/aromatic N) is 2. The molecule has 1 saturated carbocycles. The number of carbonyl (C=O) groups is 1. The molecule has 0 radical (unpaired) electrons. The van der Waals surface area contributed by atoms with Gasteiger partial charge in [0, 0.05) is 12.1 Å². The van der Waals surface area contributed by atoms with E-state index >= 15 is 0 Å². The lowest BCUT2D eigenvalue weighted by atomic mass is 9.75. The van der Waals surface area contributed by atoms with Crippen LogP contribution in [0.5, 0.6) is 0 Å². The van der Waals surface area contributed by atoms with Gasteiger partial charge in [-0.25, -0.2) is 0 Å². The lowest BCUT2D eigenvalue weighted by Gasteiger charge is -2.47. The molecule has 0 bridgehead atoms. The first-order valence-electron chi connectivity index (χ1n) is 6.99. The van der Waals surface area contributed by atoms with Gasteiger partial charge in [-0.1, -0.05) is 12.1 Å². The lowest BCUT2D eigenvalue weighted by Crippen LogP contribution is -2.57. The maximum Gasteiger partial charge on any atom is 0.224 e. The highest BCUT2D eigenvalue weighted by Crippen LogP contribution is 2.35. The second kappa shape index (κ2) is 6.06. The number of likely N-dealkylation sites (N-methyl/N-ethyl adjacent to an activating group) is 1. The summed E-state index contributed by atoms with van der Waals surface area (Å²) in [5.41, 5.74) is 1.71. The number of hydrogen-bond acceptors (Lipinski definition) is 3. The molecule has 0 atom stereocenters. The van der Waals surface area contributed by atoms with Crippen molar-refractivity contribution in [1.82, 2.24) is 10.2 Å². The number of amides is 1. The molecule has 1 aliphatic carbocycles. The first-order valence-corrected chi connectivity index (χ1v) is 6.99. The van der Waals surface area contributed by atoms with E-state index in [2.05, 4.69) is 30.4 Å². The van der Waals surface area contributed by atoms with Gasteiger partial charge in [0.1, 0.15) is 0 Å². The van der Waals surface area contributed by atoms with Gasteiger partial charge < -0.3 is 10.2 Å². The molecule has 4 heteroatoms. The standard InChI is InChI=1S/C16H21N3O/c1-19(2)16(8-3-9-16)12-18-15(20)10-13-4-6-14(11-17)7-5-13/h4-7H,3,8-10,12H2,1-2H3,(H,18,20). The monoisotopic (exact) mass is 271 g/mol. The number of benzene rings is 1. The SMILES string of the molecule is CN(C)C1(CNC(=O)Cc2ccc(C#N)cc2)CCC1. The van der Waals surface area contributed by atoms with Crippen molar-refractivity contribution in [2.45, 2.75) is 31.2 Å². The first kappa shape index (κ1) is 14.5. The molecular formula is C16H21N3O. The van der Waals surface area contributed by atoms with E-state index in [0.29, 0.717) is 12.0 Å². The lowest BCUT2D eigenvalue weighted by molar-refractivity contribution is -0.121. The molecule has 1 aliphatic rings. The van der Waals surface area contributed by atoms with Crippen LogP contribution in [0.2, 0.25) is 0 Å². The molecule has 1 aromatic rings. The number of rotatable bonds is 5. The fourth-order valence-electron chi connectivity index (χ4n) is 2.58. The Morgan fingerprint density at radius 2 is 2.00 bits per heavy atom. The van der Waals surface area contributed by atoms with Crippen molar-refractivity contribution in [2.75, 3.05) is 20.6 Å². The van der Waals surface area contributed by atoms with Crippen LogP contribution in [-0.2, 0) is 11.2 Å². The molecule has 0 spiro atoms. The van der Waals surface area contributed by atoms with E-state index in [-0.39, 0.29) is 11.4 Å². The normalized spacial score (nSPS) is 16.3. The summed E-state index contributed by atoms with van der Waals surface area (Å²) in [4.78, 5) is 14.2. The van der Waals surface area contributed by atoms with Gasteiger partial charge in [0.2, 0.25) is 5.91 Å². The Morgan fingerprint density at radius 1 is 1.35 bits per heavy atom. The zero-order valence-electron chi connectivity index (χ0n) is 12.1. The molecule has 2 rings (SSSR count). The van der Waals surface area contributed by atoms with Crippen LogP contribution in [0.15, 0.2) is 24.3 Å². The van der Waals surface area contributed by atoms with E-state index in [1.807, 2.05) is 12.1 Å². The van der Waals surface area contributed by atoms with Crippen LogP contribution in [0.25, 0.3) is 0 Å². The van der Waals surface area contributed by atoms with Crippen LogP contribution in [0, 0.1) is 11.3 Å². The Bertz CT molecular complexity index is 510. The van der Waals surface area contributed by atoms with Crippen LogP contribution in [0.1, 0.15) is 30.4 Å². The third-order valence-electron chi connectivity index (χ3n) is 4.30. The fourth-order valence-corrected chi connectivity index (χ4v) is 2.58. The van der Waals surface area contributed by atoms with Gasteiger partial charge >= 0.3 is 0 Å². The molecule has 0 unspecified atom stereocenters. The van der Waals surface area contributed by atoms with Crippen molar-refractivity contribution in [3.63, 3.8) is 0 Å². The highest BCUT2D eigenvalue weighted by atomic mass is 16.1. The second-order valence-electron chi connectivity index (χ2n) is 5.73. The zero-order chi connectivity index (χ0) is 14.6. The molecule has 1 aromatic carbocycles. The Labute approximate surface area is 120 Å². The van der Waals surface area contributed by atoms with Crippen LogP contribution < -0.4 is 5.32 Å². The Morgan fingerprint density at radius 3 is 2.45 bits per heavy atom. The molecule has 0 aromatic heterocycles. The summed E-state index contributed by atoms with van der Waals surface area (Å²) >= 11 is 0. The van der Waals surface area contributed by atoms with Crippen LogP contribution >= 0.6 is 0 Å². The predicted molar refractivity (Wildman–Crippen MR) is 78.1 cm³/mol. The smallest absolute Gasteiger partial charge is 0.224 e. The highest BCUT2D eigenvalue weighted by Gasteiger charge is 2.39. The maximum absolute atomic E-state index is 12.0. The van der Waals surface area contributed by atoms with Crippen molar-refractivity contribution >= 4 is 5.91 Å². The minimum Gasteiger partial charge on any atom is -0.354 e. The van der Waals surface area contributed by atoms with Crippen molar-refractivity contribution in [2.24, 2.45) is 0 Å². The Hall–Kier alpha value is -1.86. The van der Waals surface area contributed by atoms with Crippen molar-refractivity contribution in [1.29, 1.82) is 5.26 Å². The summed E-state index contributed by atoms with van der Waals surface area (Å²) in [7, 11) is 4.15.